The van der Waals surface area contributed by atoms with E-state index in [9.17, 15) is 13.0 Å². The Kier molecular flexibility index (Phi) is 6.02. The Morgan fingerprint density at radius 2 is 0.935 bits per heavy atom. The van der Waals surface area contributed by atoms with E-state index >= 15 is 0 Å². The molecule has 0 bridgehead atoms. The van der Waals surface area contributed by atoms with E-state index in [1.165, 1.54) is 6.07 Å². The number of hydrogen-bond donors (Lipinski definition) is 1. The van der Waals surface area contributed by atoms with Gasteiger partial charge in [0.25, 0.3) is 10.1 Å². The first kappa shape index (κ1) is 21.8. The molecule has 5 heteroatoms. The van der Waals surface area contributed by atoms with Crippen LogP contribution in [0.1, 0.15) is 0 Å². The van der Waals surface area contributed by atoms with Crippen molar-refractivity contribution in [2.24, 2.45) is 0 Å². The van der Waals surface area contributed by atoms with Crippen molar-refractivity contribution in [1.82, 2.24) is 0 Å². The van der Waals surface area contributed by atoms with Crippen molar-refractivity contribution in [2.75, 3.05) is 0 Å². The molecule has 0 fully saturated rings. The standard InChI is InChI=1S/C26H18O3S.Na.H/c27-30(28,29)20-15-16-23-24(17-20)26(19-11-5-2-6-12-19)22-14-8-7-13-21(22)25(23)18-9-3-1-4-10-18;;/h1-17H,(H,27,28,29);;. The van der Waals surface area contributed by atoms with Crippen LogP contribution < -0.4 is 0 Å². The maximum absolute atomic E-state index is 11.9. The Balaban J connectivity index is 0.00000231. The molecule has 0 saturated heterocycles. The molecule has 31 heavy (non-hydrogen) atoms. The Morgan fingerprint density at radius 1 is 0.516 bits per heavy atom. The summed E-state index contributed by atoms with van der Waals surface area (Å²) in [6.45, 7) is 0. The molecule has 0 radical (unpaired) electrons. The second kappa shape index (κ2) is 8.58. The van der Waals surface area contributed by atoms with Crippen LogP contribution >= 0.6 is 0 Å². The van der Waals surface area contributed by atoms with E-state index in [1.807, 2.05) is 60.7 Å². The summed E-state index contributed by atoms with van der Waals surface area (Å²) in [5, 5.41) is 3.84. The first-order valence-corrected chi connectivity index (χ1v) is 11.0. The van der Waals surface area contributed by atoms with Crippen molar-refractivity contribution in [3.8, 4) is 22.3 Å². The summed E-state index contributed by atoms with van der Waals surface area (Å²) in [5.74, 6) is 0. The van der Waals surface area contributed by atoms with Crippen LogP contribution in [0.5, 0.6) is 0 Å². The molecule has 0 unspecified atom stereocenters. The van der Waals surface area contributed by atoms with Gasteiger partial charge in [0.1, 0.15) is 0 Å². The Bertz CT molecular complexity index is 1500. The second-order valence-electron chi connectivity index (χ2n) is 7.21. The SMILES string of the molecule is O=S(=O)(O)c1ccc2c(-c3ccccc3)c3ccccc3c(-c3ccccc3)c2c1.[NaH]. The third-order valence-electron chi connectivity index (χ3n) is 5.42. The average Bonchev–Trinajstić information content (AvgIpc) is 2.77. The molecular formula is C26H19NaO3S. The molecule has 148 valence electrons. The van der Waals surface area contributed by atoms with Gasteiger partial charge in [-0.1, -0.05) is 91.0 Å². The summed E-state index contributed by atoms with van der Waals surface area (Å²) >= 11 is 0. The maximum atomic E-state index is 11.9. The van der Waals surface area contributed by atoms with E-state index in [0.717, 1.165) is 43.8 Å². The van der Waals surface area contributed by atoms with E-state index in [1.54, 1.807) is 12.1 Å². The van der Waals surface area contributed by atoms with E-state index in [0.29, 0.717) is 0 Å². The molecule has 0 heterocycles. The molecular weight excluding hydrogens is 415 g/mol. The first-order chi connectivity index (χ1) is 14.5. The van der Waals surface area contributed by atoms with Crippen LogP contribution in [0, 0.1) is 0 Å². The van der Waals surface area contributed by atoms with Crippen molar-refractivity contribution in [3.63, 3.8) is 0 Å². The number of benzene rings is 5. The molecule has 5 aromatic rings. The minimum atomic E-state index is -4.32. The Hall–Kier alpha value is -2.47. The van der Waals surface area contributed by atoms with Crippen molar-refractivity contribution in [1.29, 1.82) is 0 Å². The van der Waals surface area contributed by atoms with Gasteiger partial charge in [-0.3, -0.25) is 4.55 Å². The topological polar surface area (TPSA) is 54.4 Å². The quantitative estimate of drug-likeness (QED) is 0.218. The van der Waals surface area contributed by atoms with Gasteiger partial charge in [-0.15, -0.1) is 0 Å². The molecule has 0 aliphatic rings. The van der Waals surface area contributed by atoms with Crippen molar-refractivity contribution < 1.29 is 13.0 Å². The van der Waals surface area contributed by atoms with Crippen LogP contribution in [-0.2, 0) is 10.1 Å². The fourth-order valence-electron chi connectivity index (χ4n) is 4.15. The van der Waals surface area contributed by atoms with Crippen molar-refractivity contribution >= 4 is 61.2 Å². The molecule has 0 saturated carbocycles. The monoisotopic (exact) mass is 434 g/mol. The molecule has 0 atom stereocenters. The van der Waals surface area contributed by atoms with Gasteiger partial charge < -0.3 is 0 Å². The van der Waals surface area contributed by atoms with E-state index < -0.39 is 10.1 Å². The molecule has 5 aromatic carbocycles. The normalized spacial score (nSPS) is 11.4. The number of hydrogen-bond acceptors (Lipinski definition) is 2. The second-order valence-corrected chi connectivity index (χ2v) is 8.63. The number of fused-ring (bicyclic) bond motifs is 2. The van der Waals surface area contributed by atoms with Crippen LogP contribution in [0.25, 0.3) is 43.8 Å². The summed E-state index contributed by atoms with van der Waals surface area (Å²) in [4.78, 5) is -0.110. The summed E-state index contributed by atoms with van der Waals surface area (Å²) in [5.41, 5.74) is 4.04. The molecule has 1 N–H and O–H groups in total. The average molecular weight is 434 g/mol. The van der Waals surface area contributed by atoms with Gasteiger partial charge in [0, 0.05) is 0 Å². The summed E-state index contributed by atoms with van der Waals surface area (Å²) in [6.07, 6.45) is 0. The fourth-order valence-corrected chi connectivity index (χ4v) is 4.66. The fraction of sp³-hybridized carbons (Fsp3) is 0. The molecule has 0 amide bonds. The Labute approximate surface area is 203 Å². The van der Waals surface area contributed by atoms with Crippen LogP contribution in [-0.4, -0.2) is 42.5 Å². The zero-order chi connectivity index (χ0) is 20.7. The summed E-state index contributed by atoms with van der Waals surface area (Å²) in [6, 6.07) is 33.0. The predicted molar refractivity (Wildman–Crippen MR) is 129 cm³/mol. The Morgan fingerprint density at radius 3 is 1.42 bits per heavy atom. The zero-order valence-electron chi connectivity index (χ0n) is 16.0. The van der Waals surface area contributed by atoms with Gasteiger partial charge in [-0.05, 0) is 55.9 Å². The molecule has 0 aromatic heterocycles. The zero-order valence-corrected chi connectivity index (χ0v) is 16.8. The van der Waals surface area contributed by atoms with Crippen molar-refractivity contribution in [3.05, 3.63) is 103 Å². The van der Waals surface area contributed by atoms with Crippen LogP contribution in [0.15, 0.2) is 108 Å². The van der Waals surface area contributed by atoms with Crippen LogP contribution in [0.3, 0.4) is 0 Å². The van der Waals surface area contributed by atoms with E-state index in [-0.39, 0.29) is 34.5 Å². The van der Waals surface area contributed by atoms with Gasteiger partial charge in [0.05, 0.1) is 4.90 Å². The molecule has 0 aliphatic carbocycles. The molecule has 3 nitrogen and oxygen atoms in total. The van der Waals surface area contributed by atoms with Gasteiger partial charge in [0.15, 0.2) is 0 Å². The van der Waals surface area contributed by atoms with Crippen LogP contribution in [0.4, 0.5) is 0 Å². The minimum absolute atomic E-state index is 0. The van der Waals surface area contributed by atoms with E-state index in [2.05, 4.69) is 24.3 Å². The van der Waals surface area contributed by atoms with Crippen molar-refractivity contribution in [2.45, 2.75) is 4.90 Å². The third kappa shape index (κ3) is 3.93. The molecule has 0 aliphatic heterocycles. The van der Waals surface area contributed by atoms with Gasteiger partial charge in [-0.2, -0.15) is 8.42 Å². The summed E-state index contributed by atoms with van der Waals surface area (Å²) < 4.78 is 33.5. The number of rotatable bonds is 3. The van der Waals surface area contributed by atoms with Crippen LogP contribution in [0.2, 0.25) is 0 Å². The van der Waals surface area contributed by atoms with E-state index in [4.69, 9.17) is 0 Å². The molecule has 0 spiro atoms. The van der Waals surface area contributed by atoms with Gasteiger partial charge in [-0.25, -0.2) is 0 Å². The molecule has 5 rings (SSSR count). The third-order valence-corrected chi connectivity index (χ3v) is 6.27. The summed E-state index contributed by atoms with van der Waals surface area (Å²) in [7, 11) is -4.32. The van der Waals surface area contributed by atoms with Gasteiger partial charge in [0.2, 0.25) is 0 Å². The first-order valence-electron chi connectivity index (χ1n) is 9.61. The predicted octanol–water partition coefficient (Wildman–Crippen LogP) is 5.93. The van der Waals surface area contributed by atoms with Gasteiger partial charge >= 0.3 is 29.6 Å².